The Balaban J connectivity index is 9.85. The SMILES string of the molecule is CN(C)P(=N[P+](N=P(N(C)C)(N(C)C)N(C)C)(N=P(N(C)C)(N(C)C)N(C)C)N[P+](N(C)C)(N(C)C)N(C)C)(N(C)C)N(C)C. The first kappa shape index (κ1) is 46.0. The fraction of sp³-hybridized carbons (Fsp3) is 1.00. The van der Waals surface area contributed by atoms with Crippen molar-refractivity contribution in [2.75, 3.05) is 169 Å². The van der Waals surface area contributed by atoms with Crippen LogP contribution in [0.3, 0.4) is 0 Å². The van der Waals surface area contributed by atoms with Crippen molar-refractivity contribution in [3.8, 4) is 0 Å². The van der Waals surface area contributed by atoms with Crippen LogP contribution in [-0.2, 0) is 0 Å². The molecule has 0 aromatic carbocycles. The molecular weight excluding hydrogens is 667 g/mol. The molecule has 0 aliphatic carbocycles. The van der Waals surface area contributed by atoms with Crippen molar-refractivity contribution in [1.82, 2.24) is 60.9 Å². The van der Waals surface area contributed by atoms with Gasteiger partial charge in [-0.15, -0.1) is 14.0 Å². The highest BCUT2D eigenvalue weighted by Crippen LogP contribution is 2.85. The third-order valence-corrected chi connectivity index (χ3v) is 28.5. The fourth-order valence-electron chi connectivity index (χ4n) is 6.08. The molecule has 0 heterocycles. The molecule has 0 spiro atoms. The number of nitrogens with one attached hydrogen (secondary N) is 1. The maximum atomic E-state index is 6.13. The van der Waals surface area contributed by atoms with E-state index in [-0.39, 0.29) is 0 Å². The van der Waals surface area contributed by atoms with Gasteiger partial charge in [-0.25, -0.2) is 42.0 Å². The first-order valence-corrected chi connectivity index (χ1v) is 22.9. The largest absolute Gasteiger partial charge is 0.488 e. The predicted molar refractivity (Wildman–Crippen MR) is 209 cm³/mol. The lowest BCUT2D eigenvalue weighted by atomic mass is 11.2. The van der Waals surface area contributed by atoms with Gasteiger partial charge in [0, 0.05) is 47.1 Å². The van der Waals surface area contributed by atoms with Crippen LogP contribution >= 0.6 is 38.3 Å². The van der Waals surface area contributed by atoms with Crippen LogP contribution in [0, 0.1) is 0 Å². The summed E-state index contributed by atoms with van der Waals surface area (Å²) in [6, 6.07) is 0. The van der Waals surface area contributed by atoms with Crippen molar-refractivity contribution < 1.29 is 0 Å². The molecule has 0 aromatic rings. The van der Waals surface area contributed by atoms with E-state index < -0.39 is 38.3 Å². The number of nitrogens with zero attached hydrogens (tertiary/aromatic N) is 15. The highest BCUT2D eigenvalue weighted by Gasteiger charge is 2.65. The molecule has 0 bridgehead atoms. The molecule has 16 nitrogen and oxygen atoms in total. The van der Waals surface area contributed by atoms with E-state index in [0.717, 1.165) is 0 Å². The summed E-state index contributed by atoms with van der Waals surface area (Å²) >= 11 is 0. The lowest BCUT2D eigenvalue weighted by Gasteiger charge is -2.45. The topological polar surface area (TPSA) is 88.0 Å². The highest BCUT2D eigenvalue weighted by molar-refractivity contribution is 7.91. The van der Waals surface area contributed by atoms with Gasteiger partial charge in [0.25, 0.3) is 0 Å². The van der Waals surface area contributed by atoms with Gasteiger partial charge in [0.05, 0.1) is 0 Å². The molecule has 0 fully saturated rings. The fourth-order valence-corrected chi connectivity index (χ4v) is 31.0. The molecule has 272 valence electrons. The smallest absolute Gasteiger partial charge is 0.249 e. The molecular formula is C24H73N16P5+2. The number of rotatable bonds is 17. The second-order valence-corrected chi connectivity index (χ2v) is 31.3. The van der Waals surface area contributed by atoms with Crippen molar-refractivity contribution in [1.29, 1.82) is 0 Å². The Morgan fingerprint density at radius 2 is 0.467 bits per heavy atom. The highest BCUT2D eigenvalue weighted by atomic mass is 31.3. The van der Waals surface area contributed by atoms with Crippen molar-refractivity contribution >= 4 is 38.3 Å². The van der Waals surface area contributed by atoms with E-state index in [2.05, 4.69) is 230 Å². The first-order valence-electron chi connectivity index (χ1n) is 14.8. The Morgan fingerprint density at radius 1 is 0.311 bits per heavy atom. The van der Waals surface area contributed by atoms with Gasteiger partial charge in [0.2, 0.25) is 22.5 Å². The van der Waals surface area contributed by atoms with E-state index in [1.807, 2.05) is 0 Å². The van der Waals surface area contributed by atoms with Crippen LogP contribution in [0.25, 0.3) is 0 Å². The van der Waals surface area contributed by atoms with Crippen LogP contribution in [-0.4, -0.2) is 225 Å². The van der Waals surface area contributed by atoms with Crippen molar-refractivity contribution in [2.24, 2.45) is 13.5 Å². The molecule has 0 atom stereocenters. The Bertz CT molecular complexity index is 884. The zero-order valence-corrected chi connectivity index (χ0v) is 37.9. The van der Waals surface area contributed by atoms with Gasteiger partial charge in [-0.1, -0.05) is 0 Å². The van der Waals surface area contributed by atoms with Crippen LogP contribution in [0.1, 0.15) is 0 Å². The molecule has 0 saturated carbocycles. The zero-order valence-electron chi connectivity index (χ0n) is 33.4. The van der Waals surface area contributed by atoms with Gasteiger partial charge in [-0.05, 0) is 140 Å². The summed E-state index contributed by atoms with van der Waals surface area (Å²) < 4.78 is 45.6. The Labute approximate surface area is 281 Å². The minimum atomic E-state index is -3.31. The Kier molecular flexibility index (Phi) is 17.7. The lowest BCUT2D eigenvalue weighted by molar-refractivity contribution is 0.453. The minimum absolute atomic E-state index is 2.12. The van der Waals surface area contributed by atoms with E-state index in [1.165, 1.54) is 0 Å². The van der Waals surface area contributed by atoms with Crippen LogP contribution in [0.4, 0.5) is 0 Å². The van der Waals surface area contributed by atoms with Gasteiger partial charge in [0.1, 0.15) is 0 Å². The van der Waals surface area contributed by atoms with Crippen molar-refractivity contribution in [3.05, 3.63) is 0 Å². The number of hydrogen-bond acceptors (Lipinski definition) is 7. The maximum Gasteiger partial charge on any atom is 0.488 e. The molecule has 0 amide bonds. The molecule has 0 saturated heterocycles. The van der Waals surface area contributed by atoms with Crippen LogP contribution in [0.15, 0.2) is 13.5 Å². The van der Waals surface area contributed by atoms with E-state index in [4.69, 9.17) is 13.5 Å². The number of hydrogen-bond donors (Lipinski definition) is 1. The second kappa shape index (κ2) is 17.3. The molecule has 0 rings (SSSR count). The molecule has 0 aliphatic heterocycles. The molecule has 0 aliphatic rings. The second-order valence-electron chi connectivity index (χ2n) is 13.3. The molecule has 0 radical (unpaired) electrons. The van der Waals surface area contributed by atoms with Crippen molar-refractivity contribution in [3.63, 3.8) is 0 Å². The van der Waals surface area contributed by atoms with E-state index in [1.54, 1.807) is 0 Å². The predicted octanol–water partition coefficient (Wildman–Crippen LogP) is 4.51. The summed E-state index contributed by atoms with van der Waals surface area (Å²) in [6.45, 7) is 0. The summed E-state index contributed by atoms with van der Waals surface area (Å²) in [5.74, 6) is 0. The third kappa shape index (κ3) is 8.86. The van der Waals surface area contributed by atoms with Gasteiger partial charge in [0.15, 0.2) is 0 Å². The lowest BCUT2D eigenvalue weighted by Crippen LogP contribution is -2.44. The molecule has 0 unspecified atom stereocenters. The van der Waals surface area contributed by atoms with Gasteiger partial charge >= 0.3 is 15.7 Å². The minimum Gasteiger partial charge on any atom is -0.249 e. The van der Waals surface area contributed by atoms with Gasteiger partial charge < -0.3 is 0 Å². The quantitative estimate of drug-likeness (QED) is 0.213. The molecule has 45 heavy (non-hydrogen) atoms. The maximum absolute atomic E-state index is 6.13. The molecule has 21 heteroatoms. The van der Waals surface area contributed by atoms with Crippen LogP contribution in [0.2, 0.25) is 0 Å². The Hall–Kier alpha value is 1.03. The van der Waals surface area contributed by atoms with Crippen LogP contribution in [0.5, 0.6) is 0 Å². The average molecular weight is 741 g/mol. The van der Waals surface area contributed by atoms with E-state index in [9.17, 15) is 0 Å². The summed E-state index contributed by atoms with van der Waals surface area (Å²) in [6.07, 6.45) is 0. The summed E-state index contributed by atoms with van der Waals surface area (Å²) in [7, 11) is 37.6. The standard InChI is InChI=1S/C24H73N16P5/c1-29(2)42(30(3)4,31(5)6)25-41(26-43(32(7)8,33(9)10)34(11)12,27-44(35(13)14,36(15)16)37(17)18)28-45(38(19)20,39(21)22)40(23)24/h25H,1-24H3/q+2. The monoisotopic (exact) mass is 740 g/mol. The first-order chi connectivity index (χ1) is 20.1. The van der Waals surface area contributed by atoms with Crippen molar-refractivity contribution in [2.45, 2.75) is 0 Å². The zero-order chi connectivity index (χ0) is 36.3. The van der Waals surface area contributed by atoms with Gasteiger partial charge in [-0.2, -0.15) is 0 Å². The summed E-state index contributed by atoms with van der Waals surface area (Å²) in [4.78, 5) is 4.28. The third-order valence-electron chi connectivity index (χ3n) is 7.51. The van der Waals surface area contributed by atoms with E-state index >= 15 is 0 Å². The van der Waals surface area contributed by atoms with Gasteiger partial charge in [-0.3, -0.25) is 0 Å². The summed E-state index contributed by atoms with van der Waals surface area (Å²) in [5, 5.41) is 0. The molecule has 1 N–H and O–H groups in total. The Morgan fingerprint density at radius 3 is 0.578 bits per heavy atom. The average Bonchev–Trinajstić information content (AvgIpc) is 2.84. The normalized spacial score (nSPS) is 14.9. The van der Waals surface area contributed by atoms with E-state index in [0.29, 0.717) is 0 Å². The molecule has 0 aromatic heterocycles. The van der Waals surface area contributed by atoms with Crippen LogP contribution < -0.4 is 4.86 Å². The summed E-state index contributed by atoms with van der Waals surface area (Å²) in [5.41, 5.74) is 0.